The van der Waals surface area contributed by atoms with Crippen LogP contribution >= 0.6 is 19.6 Å². The minimum atomic E-state index is -2.40. The summed E-state index contributed by atoms with van der Waals surface area (Å²) >= 11 is 6.09. The Morgan fingerprint density at radius 2 is 1.89 bits per heavy atom. The zero-order valence-electron chi connectivity index (χ0n) is 9.30. The number of halogens is 1. The molecule has 0 N–H and O–H groups in total. The summed E-state index contributed by atoms with van der Waals surface area (Å²) in [5.41, 5.74) is 0.470. The van der Waals surface area contributed by atoms with E-state index in [4.69, 9.17) is 16.3 Å². The van der Waals surface area contributed by atoms with E-state index in [1.165, 1.54) is 6.26 Å². The first-order valence-electron chi connectivity index (χ1n) is 5.48. The predicted molar refractivity (Wildman–Crippen MR) is 71.8 cm³/mol. The van der Waals surface area contributed by atoms with E-state index in [-0.39, 0.29) is 0 Å². The third-order valence-electron chi connectivity index (χ3n) is 2.94. The zero-order chi connectivity index (χ0) is 12.5. The first-order chi connectivity index (χ1) is 8.77. The Morgan fingerprint density at radius 1 is 1.11 bits per heavy atom. The summed E-state index contributed by atoms with van der Waals surface area (Å²) in [7, 11) is -2.40. The van der Waals surface area contributed by atoms with Crippen LogP contribution in [0.2, 0.25) is 0 Å². The van der Waals surface area contributed by atoms with Gasteiger partial charge in [-0.1, -0.05) is 54.1 Å². The van der Waals surface area contributed by atoms with Crippen molar-refractivity contribution in [2.45, 2.75) is 5.66 Å². The molecule has 0 saturated heterocycles. The molecular weight excluding hydrogens is 271 g/mol. The van der Waals surface area contributed by atoms with Crippen molar-refractivity contribution in [1.29, 1.82) is 0 Å². The number of fused-ring (bicyclic) bond motifs is 1. The molecule has 5 heteroatoms. The van der Waals surface area contributed by atoms with Gasteiger partial charge in [-0.25, -0.2) is 0 Å². The van der Waals surface area contributed by atoms with E-state index in [0.717, 1.165) is 16.3 Å². The smallest absolute Gasteiger partial charge is 0.249 e. The fraction of sp³-hybridized carbons (Fsp3) is 0.0769. The quantitative estimate of drug-likeness (QED) is 0.574. The van der Waals surface area contributed by atoms with Gasteiger partial charge in [0.15, 0.2) is 0 Å². The molecule has 0 amide bonds. The van der Waals surface area contributed by atoms with Gasteiger partial charge in [0.25, 0.3) is 0 Å². The van der Waals surface area contributed by atoms with Crippen LogP contribution in [0.15, 0.2) is 53.8 Å². The van der Waals surface area contributed by atoms with Gasteiger partial charge in [0, 0.05) is 0 Å². The number of allylic oxidation sites excluding steroid dienone is 1. The number of hydrogen-bond donors (Lipinski definition) is 0. The lowest BCUT2D eigenvalue weighted by molar-refractivity contribution is -0.147. The zero-order valence-corrected chi connectivity index (χ0v) is 11.1. The highest BCUT2D eigenvalue weighted by atomic mass is 35.5. The van der Waals surface area contributed by atoms with Crippen LogP contribution in [-0.4, -0.2) is 0 Å². The molecular formula is C13H10ClO3P. The van der Waals surface area contributed by atoms with Gasteiger partial charge < -0.3 is 4.89 Å². The number of rotatable bonds is 1. The Morgan fingerprint density at radius 3 is 2.72 bits per heavy atom. The second-order valence-electron chi connectivity index (χ2n) is 4.00. The van der Waals surface area contributed by atoms with Gasteiger partial charge in [-0.05, 0) is 16.3 Å². The molecule has 92 valence electrons. The molecule has 2 aromatic rings. The summed E-state index contributed by atoms with van der Waals surface area (Å²) in [4.78, 5) is 4.60. The molecule has 0 aromatic heterocycles. The van der Waals surface area contributed by atoms with Crippen LogP contribution in [0.4, 0.5) is 0 Å². The maximum absolute atomic E-state index is 12.0. The lowest BCUT2D eigenvalue weighted by Gasteiger charge is -2.20. The first kappa shape index (κ1) is 11.8. The van der Waals surface area contributed by atoms with Crippen LogP contribution in [-0.2, 0) is 14.1 Å². The highest BCUT2D eigenvalue weighted by Crippen LogP contribution is 2.52. The highest BCUT2D eigenvalue weighted by molar-refractivity contribution is 7.40. The van der Waals surface area contributed by atoms with E-state index in [2.05, 4.69) is 4.89 Å². The largest absolute Gasteiger partial charge is 0.338 e. The molecule has 2 atom stereocenters. The summed E-state index contributed by atoms with van der Waals surface area (Å²) in [6, 6.07) is 13.8. The molecule has 3 rings (SSSR count). The first-order valence-corrected chi connectivity index (χ1v) is 7.25. The van der Waals surface area contributed by atoms with Crippen molar-refractivity contribution in [3.8, 4) is 0 Å². The summed E-state index contributed by atoms with van der Waals surface area (Å²) in [6.45, 7) is 0. The minimum Gasteiger partial charge on any atom is -0.338 e. The predicted octanol–water partition coefficient (Wildman–Crippen LogP) is 4.40. The number of benzene rings is 2. The van der Waals surface area contributed by atoms with Crippen LogP contribution in [0.1, 0.15) is 11.2 Å². The fourth-order valence-corrected chi connectivity index (χ4v) is 3.58. The Labute approximate surface area is 110 Å². The van der Waals surface area contributed by atoms with Crippen molar-refractivity contribution in [2.75, 3.05) is 0 Å². The fourth-order valence-electron chi connectivity index (χ4n) is 2.12. The van der Waals surface area contributed by atoms with Gasteiger partial charge in [0.2, 0.25) is 8.03 Å². The molecule has 1 aliphatic rings. The van der Waals surface area contributed by atoms with Crippen molar-refractivity contribution in [2.24, 2.45) is 0 Å². The van der Waals surface area contributed by atoms with Gasteiger partial charge in [0.1, 0.15) is 11.9 Å². The van der Waals surface area contributed by atoms with Crippen molar-refractivity contribution in [3.05, 3.63) is 59.3 Å². The Hall–Kier alpha value is -1.28. The molecule has 1 heterocycles. The van der Waals surface area contributed by atoms with E-state index < -0.39 is 13.7 Å². The molecule has 0 bridgehead atoms. The average Bonchev–Trinajstić information content (AvgIpc) is 2.39. The molecule has 0 aliphatic carbocycles. The maximum Gasteiger partial charge on any atom is 0.249 e. The molecule has 0 spiro atoms. The Kier molecular flexibility index (Phi) is 3.13. The third-order valence-corrected chi connectivity index (χ3v) is 4.78. The van der Waals surface area contributed by atoms with Crippen molar-refractivity contribution >= 4 is 30.4 Å². The summed E-state index contributed by atoms with van der Waals surface area (Å²) in [5.74, 6) is 0. The monoisotopic (exact) mass is 280 g/mol. The van der Waals surface area contributed by atoms with Gasteiger partial charge in [0.05, 0.1) is 5.03 Å². The van der Waals surface area contributed by atoms with Crippen LogP contribution in [0, 0.1) is 0 Å². The molecule has 1 aliphatic heterocycles. The van der Waals surface area contributed by atoms with Gasteiger partial charge in [-0.15, -0.1) is 4.67 Å². The molecule has 0 fully saturated rings. The lowest BCUT2D eigenvalue weighted by atomic mass is 10.0. The van der Waals surface area contributed by atoms with E-state index >= 15 is 0 Å². The highest BCUT2D eigenvalue weighted by Gasteiger charge is 2.29. The summed E-state index contributed by atoms with van der Waals surface area (Å²) in [6.07, 6.45) is 1.29. The van der Waals surface area contributed by atoms with Gasteiger partial charge >= 0.3 is 0 Å². The van der Waals surface area contributed by atoms with E-state index in [1.54, 1.807) is 0 Å². The standard InChI is InChI=1S/C13H10ClO3P/c14-12-8-16-17-18(15)13(12)11-7-3-5-9-4-1-2-6-10(9)11/h1-8,13,18H. The minimum absolute atomic E-state index is 0.404. The normalized spacial score (nSPS) is 23.5. The lowest BCUT2D eigenvalue weighted by Crippen LogP contribution is -2.02. The van der Waals surface area contributed by atoms with Crippen molar-refractivity contribution in [1.82, 2.24) is 0 Å². The molecule has 0 radical (unpaired) electrons. The van der Waals surface area contributed by atoms with E-state index in [9.17, 15) is 4.57 Å². The summed E-state index contributed by atoms with van der Waals surface area (Å²) in [5, 5.41) is 2.52. The van der Waals surface area contributed by atoms with Gasteiger partial charge in [-0.3, -0.25) is 4.57 Å². The SMILES string of the molecule is O=[PH]1OOC=C(Cl)C1c1cccc2ccccc12. The van der Waals surface area contributed by atoms with Crippen LogP contribution in [0.5, 0.6) is 0 Å². The second-order valence-corrected chi connectivity index (χ2v) is 5.82. The van der Waals surface area contributed by atoms with Crippen molar-refractivity contribution in [3.63, 3.8) is 0 Å². The van der Waals surface area contributed by atoms with Crippen molar-refractivity contribution < 1.29 is 14.1 Å². The maximum atomic E-state index is 12.0. The molecule has 18 heavy (non-hydrogen) atoms. The second kappa shape index (κ2) is 4.77. The summed E-state index contributed by atoms with van der Waals surface area (Å²) < 4.78 is 16.7. The average molecular weight is 281 g/mol. The van der Waals surface area contributed by atoms with Gasteiger partial charge in [-0.2, -0.15) is 0 Å². The van der Waals surface area contributed by atoms with Crippen LogP contribution in [0.25, 0.3) is 10.8 Å². The van der Waals surface area contributed by atoms with E-state index in [0.29, 0.717) is 5.03 Å². The topological polar surface area (TPSA) is 35.5 Å². The molecule has 2 aromatic carbocycles. The Balaban J connectivity index is 2.22. The van der Waals surface area contributed by atoms with E-state index in [1.807, 2.05) is 42.5 Å². The molecule has 0 saturated carbocycles. The third kappa shape index (κ3) is 1.95. The Bertz CT molecular complexity index is 648. The van der Waals surface area contributed by atoms with Crippen LogP contribution < -0.4 is 0 Å². The molecule has 2 unspecified atom stereocenters. The molecule has 3 nitrogen and oxygen atoms in total. The van der Waals surface area contributed by atoms with Crippen LogP contribution in [0.3, 0.4) is 0 Å². The number of hydrogen-bond acceptors (Lipinski definition) is 3.